The fourth-order valence-electron chi connectivity index (χ4n) is 2.27. The van der Waals surface area contributed by atoms with Crippen LogP contribution in [0.25, 0.3) is 0 Å². The molecule has 1 heterocycles. The number of rotatable bonds is 4. The first kappa shape index (κ1) is 15.1. The van der Waals surface area contributed by atoms with Gasteiger partial charge >= 0.3 is 0 Å². The van der Waals surface area contributed by atoms with E-state index < -0.39 is 6.04 Å². The number of amides is 2. The maximum absolute atomic E-state index is 11.9. The Balaban J connectivity index is 1.93. The first-order chi connectivity index (χ1) is 9.49. The highest BCUT2D eigenvalue weighted by molar-refractivity contribution is 6.36. The molecule has 0 radical (unpaired) electrons. The van der Waals surface area contributed by atoms with Crippen molar-refractivity contribution in [2.75, 3.05) is 6.54 Å². The largest absolute Gasteiger partial charge is 0.354 e. The van der Waals surface area contributed by atoms with E-state index in [1.54, 1.807) is 18.2 Å². The molecular weight excluding hydrogens is 299 g/mol. The van der Waals surface area contributed by atoms with Crippen molar-refractivity contribution in [3.05, 3.63) is 33.8 Å². The van der Waals surface area contributed by atoms with Crippen LogP contribution in [-0.4, -0.2) is 24.4 Å². The van der Waals surface area contributed by atoms with Crippen LogP contribution < -0.4 is 10.6 Å². The summed E-state index contributed by atoms with van der Waals surface area (Å²) < 4.78 is 0. The van der Waals surface area contributed by atoms with Crippen molar-refractivity contribution in [3.63, 3.8) is 0 Å². The fourth-order valence-corrected chi connectivity index (χ4v) is 3.04. The van der Waals surface area contributed by atoms with Crippen LogP contribution in [0.2, 0.25) is 10.0 Å². The summed E-state index contributed by atoms with van der Waals surface area (Å²) in [4.78, 5) is 23.0. The van der Waals surface area contributed by atoms with Gasteiger partial charge in [0.2, 0.25) is 11.8 Å². The molecule has 6 heteroatoms. The molecule has 1 aromatic carbocycles. The van der Waals surface area contributed by atoms with Crippen LogP contribution >= 0.6 is 23.2 Å². The van der Waals surface area contributed by atoms with Gasteiger partial charge in [0.25, 0.3) is 0 Å². The van der Waals surface area contributed by atoms with Gasteiger partial charge in [-0.1, -0.05) is 36.2 Å². The summed E-state index contributed by atoms with van der Waals surface area (Å²) in [5.41, 5.74) is 0.826. The minimum absolute atomic E-state index is 0.00254. The van der Waals surface area contributed by atoms with E-state index >= 15 is 0 Å². The molecule has 0 aliphatic carbocycles. The molecule has 2 N–H and O–H groups in total. The number of hydrogen-bond donors (Lipinski definition) is 2. The zero-order valence-corrected chi connectivity index (χ0v) is 12.6. The summed E-state index contributed by atoms with van der Waals surface area (Å²) in [7, 11) is 0. The quantitative estimate of drug-likeness (QED) is 0.897. The standard InChI is InChI=1S/C14H16Cl2N2O2/c1-8(13-9(15)3-2-4-10(13)16)7-17-14(20)11-5-6-12(19)18-11/h2-4,8,11H,5-7H2,1H3,(H,17,20)(H,18,19). The average Bonchev–Trinajstić information content (AvgIpc) is 2.82. The third-order valence-corrected chi connectivity index (χ3v) is 4.05. The highest BCUT2D eigenvalue weighted by Gasteiger charge is 2.27. The van der Waals surface area contributed by atoms with E-state index in [-0.39, 0.29) is 17.7 Å². The molecule has 1 aliphatic heterocycles. The van der Waals surface area contributed by atoms with Crippen molar-refractivity contribution in [1.82, 2.24) is 10.6 Å². The lowest BCUT2D eigenvalue weighted by molar-refractivity contribution is -0.125. The molecule has 2 atom stereocenters. The molecule has 0 spiro atoms. The third-order valence-electron chi connectivity index (χ3n) is 3.39. The van der Waals surface area contributed by atoms with E-state index in [9.17, 15) is 9.59 Å². The Morgan fingerprint density at radius 2 is 2.10 bits per heavy atom. The zero-order chi connectivity index (χ0) is 14.7. The molecule has 1 aliphatic rings. The van der Waals surface area contributed by atoms with E-state index in [4.69, 9.17) is 23.2 Å². The van der Waals surface area contributed by atoms with Crippen LogP contribution in [0.1, 0.15) is 31.2 Å². The monoisotopic (exact) mass is 314 g/mol. The lowest BCUT2D eigenvalue weighted by Crippen LogP contribution is -2.42. The van der Waals surface area contributed by atoms with Gasteiger partial charge in [-0.15, -0.1) is 0 Å². The molecule has 1 fully saturated rings. The summed E-state index contributed by atoms with van der Waals surface area (Å²) in [6, 6.07) is 4.92. The topological polar surface area (TPSA) is 58.2 Å². The molecule has 0 aromatic heterocycles. The van der Waals surface area contributed by atoms with E-state index in [2.05, 4.69) is 10.6 Å². The minimum Gasteiger partial charge on any atom is -0.354 e. The van der Waals surface area contributed by atoms with Gasteiger partial charge in [-0.25, -0.2) is 0 Å². The number of benzene rings is 1. The second kappa shape index (κ2) is 6.46. The predicted molar refractivity (Wildman–Crippen MR) is 79.1 cm³/mol. The first-order valence-electron chi connectivity index (χ1n) is 6.50. The summed E-state index contributed by atoms with van der Waals surface area (Å²) in [6.45, 7) is 2.37. The molecule has 1 aromatic rings. The lowest BCUT2D eigenvalue weighted by atomic mass is 10.0. The summed E-state index contributed by atoms with van der Waals surface area (Å²) in [5, 5.41) is 6.65. The second-order valence-electron chi connectivity index (χ2n) is 4.94. The normalized spacial score (nSPS) is 19.6. The molecule has 4 nitrogen and oxygen atoms in total. The Hall–Kier alpha value is -1.26. The Bertz CT molecular complexity index is 514. The summed E-state index contributed by atoms with van der Waals surface area (Å²) in [6.07, 6.45) is 0.954. The van der Waals surface area contributed by atoms with Crippen molar-refractivity contribution in [1.29, 1.82) is 0 Å². The SMILES string of the molecule is CC(CNC(=O)C1CCC(=O)N1)c1c(Cl)cccc1Cl. The Kier molecular flexibility index (Phi) is 4.89. The van der Waals surface area contributed by atoms with Gasteiger partial charge in [0, 0.05) is 28.9 Å². The molecule has 1 saturated heterocycles. The number of nitrogens with one attached hydrogen (secondary N) is 2. The van der Waals surface area contributed by atoms with Gasteiger partial charge in [0.1, 0.15) is 6.04 Å². The van der Waals surface area contributed by atoms with Crippen LogP contribution in [0.4, 0.5) is 0 Å². The molecule has 20 heavy (non-hydrogen) atoms. The maximum atomic E-state index is 11.9. The Morgan fingerprint density at radius 1 is 1.45 bits per heavy atom. The van der Waals surface area contributed by atoms with Gasteiger partial charge < -0.3 is 10.6 Å². The molecule has 2 unspecified atom stereocenters. The van der Waals surface area contributed by atoms with E-state index in [0.717, 1.165) is 5.56 Å². The maximum Gasteiger partial charge on any atom is 0.242 e. The first-order valence-corrected chi connectivity index (χ1v) is 7.25. The Labute approximate surface area is 127 Å². The smallest absolute Gasteiger partial charge is 0.242 e. The van der Waals surface area contributed by atoms with Crippen molar-refractivity contribution in [2.24, 2.45) is 0 Å². The van der Waals surface area contributed by atoms with E-state index in [0.29, 0.717) is 29.4 Å². The average molecular weight is 315 g/mol. The molecule has 0 saturated carbocycles. The lowest BCUT2D eigenvalue weighted by Gasteiger charge is -2.17. The molecule has 2 amide bonds. The van der Waals surface area contributed by atoms with E-state index in [1.165, 1.54) is 0 Å². The second-order valence-corrected chi connectivity index (χ2v) is 5.75. The highest BCUT2D eigenvalue weighted by Crippen LogP contribution is 2.30. The fraction of sp³-hybridized carbons (Fsp3) is 0.429. The van der Waals surface area contributed by atoms with Gasteiger partial charge in [0.15, 0.2) is 0 Å². The van der Waals surface area contributed by atoms with Crippen LogP contribution in [0.5, 0.6) is 0 Å². The zero-order valence-electron chi connectivity index (χ0n) is 11.1. The van der Waals surface area contributed by atoms with Crippen LogP contribution in [0.3, 0.4) is 0 Å². The van der Waals surface area contributed by atoms with Gasteiger partial charge in [-0.05, 0) is 24.1 Å². The molecule has 2 rings (SSSR count). The van der Waals surface area contributed by atoms with Crippen molar-refractivity contribution < 1.29 is 9.59 Å². The number of hydrogen-bond acceptors (Lipinski definition) is 2. The van der Waals surface area contributed by atoms with Gasteiger partial charge in [-0.3, -0.25) is 9.59 Å². The van der Waals surface area contributed by atoms with Gasteiger partial charge in [-0.2, -0.15) is 0 Å². The molecular formula is C14H16Cl2N2O2. The van der Waals surface area contributed by atoms with Crippen molar-refractivity contribution in [3.8, 4) is 0 Å². The number of halogens is 2. The van der Waals surface area contributed by atoms with Crippen molar-refractivity contribution >= 4 is 35.0 Å². The third kappa shape index (κ3) is 3.44. The highest BCUT2D eigenvalue weighted by atomic mass is 35.5. The predicted octanol–water partition coefficient (Wildman–Crippen LogP) is 2.49. The van der Waals surface area contributed by atoms with E-state index in [1.807, 2.05) is 6.92 Å². The van der Waals surface area contributed by atoms with Crippen LogP contribution in [0, 0.1) is 0 Å². The van der Waals surface area contributed by atoms with Crippen LogP contribution in [0.15, 0.2) is 18.2 Å². The molecule has 108 valence electrons. The summed E-state index contributed by atoms with van der Waals surface area (Å²) >= 11 is 12.3. The van der Waals surface area contributed by atoms with Crippen LogP contribution in [-0.2, 0) is 9.59 Å². The number of carbonyl (C=O) groups is 2. The molecule has 0 bridgehead atoms. The summed E-state index contributed by atoms with van der Waals surface area (Å²) in [5.74, 6) is -0.240. The van der Waals surface area contributed by atoms with Gasteiger partial charge in [0.05, 0.1) is 0 Å². The Morgan fingerprint density at radius 3 is 2.65 bits per heavy atom. The van der Waals surface area contributed by atoms with Crippen molar-refractivity contribution in [2.45, 2.75) is 31.7 Å². The number of carbonyl (C=O) groups excluding carboxylic acids is 2. The minimum atomic E-state index is -0.420.